The average molecular weight is 291 g/mol. The summed E-state index contributed by atoms with van der Waals surface area (Å²) in [5, 5.41) is 9.86. The Kier molecular flexibility index (Phi) is 6.18. The van der Waals surface area contributed by atoms with Crippen molar-refractivity contribution in [3.05, 3.63) is 36.0 Å². The van der Waals surface area contributed by atoms with Gasteiger partial charge in [-0.15, -0.1) is 24.8 Å². The summed E-state index contributed by atoms with van der Waals surface area (Å²) in [6.07, 6.45) is 2.30. The Labute approximate surface area is 118 Å². The monoisotopic (exact) mass is 290 g/mol. The fraction of sp³-hybridized carbons (Fsp3) is 0.250. The molecule has 3 N–H and O–H groups in total. The van der Waals surface area contributed by atoms with Gasteiger partial charge in [-0.25, -0.2) is 0 Å². The fourth-order valence-electron chi connectivity index (χ4n) is 1.91. The van der Waals surface area contributed by atoms with Gasteiger partial charge in [0.05, 0.1) is 0 Å². The third-order valence-electron chi connectivity index (χ3n) is 2.74. The van der Waals surface area contributed by atoms with Gasteiger partial charge in [-0.1, -0.05) is 18.2 Å². The Morgan fingerprint density at radius 2 is 2.00 bits per heavy atom. The largest absolute Gasteiger partial charge is 0.480 e. The number of para-hydroxylation sites is 1. The fourth-order valence-corrected chi connectivity index (χ4v) is 1.91. The average Bonchev–Trinajstić information content (AvgIpc) is 2.57. The summed E-state index contributed by atoms with van der Waals surface area (Å²) >= 11 is 0. The molecular formula is C12H16Cl2N2O2. The van der Waals surface area contributed by atoms with Gasteiger partial charge in [0.25, 0.3) is 0 Å². The third kappa shape index (κ3) is 3.16. The molecule has 1 aromatic heterocycles. The molecule has 0 amide bonds. The maximum Gasteiger partial charge on any atom is 0.320 e. The molecule has 2 rings (SSSR count). The van der Waals surface area contributed by atoms with Crippen molar-refractivity contribution >= 4 is 41.7 Å². The lowest BCUT2D eigenvalue weighted by atomic mass is 10.1. The SMILES string of the molecule is Cl.Cl.Cn1cc(CC(N)C(=O)O)c2ccccc21. The number of nitrogens with two attached hydrogens (primary N) is 1. The lowest BCUT2D eigenvalue weighted by Crippen LogP contribution is -2.32. The van der Waals surface area contributed by atoms with Crippen LogP contribution in [0.15, 0.2) is 30.5 Å². The quantitative estimate of drug-likeness (QED) is 0.908. The van der Waals surface area contributed by atoms with E-state index in [2.05, 4.69) is 0 Å². The number of carboxylic acids is 1. The number of hydrogen-bond donors (Lipinski definition) is 2. The van der Waals surface area contributed by atoms with E-state index in [0.717, 1.165) is 16.5 Å². The standard InChI is InChI=1S/C12H14N2O2.2ClH/c1-14-7-8(6-10(13)12(15)16)9-4-2-3-5-11(9)14;;/h2-5,7,10H,6,13H2,1H3,(H,15,16);2*1H. The van der Waals surface area contributed by atoms with Crippen LogP contribution in [-0.4, -0.2) is 21.7 Å². The van der Waals surface area contributed by atoms with Crippen LogP contribution in [-0.2, 0) is 18.3 Å². The van der Waals surface area contributed by atoms with E-state index in [-0.39, 0.29) is 24.8 Å². The predicted octanol–water partition coefficient (Wildman–Crippen LogP) is 1.98. The van der Waals surface area contributed by atoms with Crippen LogP contribution in [0, 0.1) is 0 Å². The van der Waals surface area contributed by atoms with E-state index in [1.165, 1.54) is 0 Å². The number of carboxylic acid groups (broad SMARTS) is 1. The molecule has 1 unspecified atom stereocenters. The Bertz CT molecular complexity index is 540. The molecule has 1 heterocycles. The van der Waals surface area contributed by atoms with Crippen LogP contribution in [0.5, 0.6) is 0 Å². The van der Waals surface area contributed by atoms with Crippen molar-refractivity contribution < 1.29 is 9.90 Å². The third-order valence-corrected chi connectivity index (χ3v) is 2.74. The van der Waals surface area contributed by atoms with Gasteiger partial charge in [-0.05, 0) is 11.6 Å². The molecule has 0 saturated carbocycles. The molecule has 0 bridgehead atoms. The summed E-state index contributed by atoms with van der Waals surface area (Å²) in [6, 6.07) is 7.05. The van der Waals surface area contributed by atoms with Crippen molar-refractivity contribution in [2.75, 3.05) is 0 Å². The molecule has 0 fully saturated rings. The first-order valence-corrected chi connectivity index (χ1v) is 5.11. The van der Waals surface area contributed by atoms with Gasteiger partial charge in [0, 0.05) is 30.6 Å². The summed E-state index contributed by atoms with van der Waals surface area (Å²) in [5.74, 6) is -0.965. The smallest absolute Gasteiger partial charge is 0.320 e. The molecule has 1 aromatic carbocycles. The molecule has 18 heavy (non-hydrogen) atoms. The van der Waals surface area contributed by atoms with Crippen molar-refractivity contribution in [2.24, 2.45) is 12.8 Å². The summed E-state index contributed by atoms with van der Waals surface area (Å²) in [4.78, 5) is 10.7. The number of carbonyl (C=O) groups is 1. The second-order valence-corrected chi connectivity index (χ2v) is 3.93. The Morgan fingerprint density at radius 1 is 1.39 bits per heavy atom. The zero-order chi connectivity index (χ0) is 11.7. The minimum atomic E-state index is -0.965. The van der Waals surface area contributed by atoms with Crippen LogP contribution in [0.1, 0.15) is 5.56 Å². The second kappa shape index (κ2) is 6.64. The Hall–Kier alpha value is -1.23. The molecule has 0 aliphatic rings. The highest BCUT2D eigenvalue weighted by Gasteiger charge is 2.15. The van der Waals surface area contributed by atoms with E-state index in [1.54, 1.807) is 0 Å². The number of nitrogens with zero attached hydrogens (tertiary/aromatic N) is 1. The molecule has 0 spiro atoms. The maximum absolute atomic E-state index is 10.7. The second-order valence-electron chi connectivity index (χ2n) is 3.93. The number of rotatable bonds is 3. The zero-order valence-corrected chi connectivity index (χ0v) is 11.5. The van der Waals surface area contributed by atoms with Crippen molar-refractivity contribution in [1.29, 1.82) is 0 Å². The number of hydrogen-bond acceptors (Lipinski definition) is 2. The van der Waals surface area contributed by atoms with E-state index in [4.69, 9.17) is 10.8 Å². The van der Waals surface area contributed by atoms with Crippen molar-refractivity contribution in [1.82, 2.24) is 4.57 Å². The van der Waals surface area contributed by atoms with E-state index in [1.807, 2.05) is 42.1 Å². The molecule has 6 heteroatoms. The normalized spacial score (nSPS) is 11.4. The lowest BCUT2D eigenvalue weighted by molar-refractivity contribution is -0.138. The minimum absolute atomic E-state index is 0. The number of aromatic nitrogens is 1. The minimum Gasteiger partial charge on any atom is -0.480 e. The van der Waals surface area contributed by atoms with Crippen LogP contribution >= 0.6 is 24.8 Å². The van der Waals surface area contributed by atoms with Crippen LogP contribution in [0.3, 0.4) is 0 Å². The maximum atomic E-state index is 10.7. The lowest BCUT2D eigenvalue weighted by Gasteiger charge is -2.04. The van der Waals surface area contributed by atoms with Crippen LogP contribution in [0.25, 0.3) is 10.9 Å². The molecule has 2 aromatic rings. The molecule has 0 aliphatic heterocycles. The number of benzene rings is 1. The van der Waals surface area contributed by atoms with Crippen molar-refractivity contribution in [3.63, 3.8) is 0 Å². The van der Waals surface area contributed by atoms with Gasteiger partial charge in [0.15, 0.2) is 0 Å². The first kappa shape index (κ1) is 16.8. The molecular weight excluding hydrogens is 275 g/mol. The van der Waals surface area contributed by atoms with E-state index in [0.29, 0.717) is 6.42 Å². The molecule has 0 saturated heterocycles. The van der Waals surface area contributed by atoms with Gasteiger partial charge in [0.2, 0.25) is 0 Å². The van der Waals surface area contributed by atoms with E-state index in [9.17, 15) is 4.79 Å². The number of aryl methyl sites for hydroxylation is 1. The van der Waals surface area contributed by atoms with E-state index >= 15 is 0 Å². The van der Waals surface area contributed by atoms with Gasteiger partial charge in [-0.3, -0.25) is 4.79 Å². The topological polar surface area (TPSA) is 68.2 Å². The van der Waals surface area contributed by atoms with Crippen molar-refractivity contribution in [2.45, 2.75) is 12.5 Å². The Balaban J connectivity index is 0.00000144. The number of aliphatic carboxylic acids is 1. The summed E-state index contributed by atoms with van der Waals surface area (Å²) in [5.41, 5.74) is 7.61. The van der Waals surface area contributed by atoms with Crippen molar-refractivity contribution in [3.8, 4) is 0 Å². The first-order chi connectivity index (χ1) is 7.59. The Morgan fingerprint density at radius 3 is 2.61 bits per heavy atom. The summed E-state index contributed by atoms with van der Waals surface area (Å²) in [7, 11) is 1.94. The van der Waals surface area contributed by atoms with Crippen LogP contribution in [0.4, 0.5) is 0 Å². The van der Waals surface area contributed by atoms with Gasteiger partial charge < -0.3 is 15.4 Å². The van der Waals surface area contributed by atoms with Gasteiger partial charge >= 0.3 is 5.97 Å². The van der Waals surface area contributed by atoms with Crippen LogP contribution < -0.4 is 5.73 Å². The zero-order valence-electron chi connectivity index (χ0n) is 9.87. The first-order valence-electron chi connectivity index (χ1n) is 5.11. The highest BCUT2D eigenvalue weighted by Crippen LogP contribution is 2.21. The highest BCUT2D eigenvalue weighted by molar-refractivity contribution is 5.86. The molecule has 100 valence electrons. The van der Waals surface area contributed by atoms with Gasteiger partial charge in [0.1, 0.15) is 6.04 Å². The molecule has 1 atom stereocenters. The summed E-state index contributed by atoms with van der Waals surface area (Å²) < 4.78 is 1.99. The molecule has 0 radical (unpaired) electrons. The van der Waals surface area contributed by atoms with Gasteiger partial charge in [-0.2, -0.15) is 0 Å². The predicted molar refractivity (Wildman–Crippen MR) is 76.7 cm³/mol. The van der Waals surface area contributed by atoms with E-state index < -0.39 is 12.0 Å². The number of halogens is 2. The highest BCUT2D eigenvalue weighted by atomic mass is 35.5. The number of fused-ring (bicyclic) bond motifs is 1. The molecule has 4 nitrogen and oxygen atoms in total. The summed E-state index contributed by atoms with van der Waals surface area (Å²) in [6.45, 7) is 0. The van der Waals surface area contributed by atoms with Crippen LogP contribution in [0.2, 0.25) is 0 Å². The molecule has 0 aliphatic carbocycles.